The number of nitrogen functional groups attached to an aromatic ring is 1. The molecule has 0 saturated heterocycles. The predicted octanol–water partition coefficient (Wildman–Crippen LogP) is 1.77. The lowest BCUT2D eigenvalue weighted by Gasteiger charge is -2.33. The van der Waals surface area contributed by atoms with Crippen LogP contribution in [0.3, 0.4) is 0 Å². The Hall–Kier alpha value is -1.17. The van der Waals surface area contributed by atoms with E-state index in [-0.39, 0.29) is 5.91 Å². The van der Waals surface area contributed by atoms with Crippen molar-refractivity contribution < 1.29 is 4.79 Å². The Kier molecular flexibility index (Phi) is 3.61. The van der Waals surface area contributed by atoms with Crippen molar-refractivity contribution in [2.24, 2.45) is 5.92 Å². The lowest BCUT2D eigenvalue weighted by atomic mass is 9.87. The van der Waals surface area contributed by atoms with E-state index in [4.69, 9.17) is 5.73 Å². The highest BCUT2D eigenvalue weighted by Gasteiger charge is 2.27. The number of carbonyl (C=O) groups excluding carboxylic acids is 1. The molecule has 5 nitrogen and oxygen atoms in total. The highest BCUT2D eigenvalue weighted by molar-refractivity contribution is 7.16. The number of anilines is 1. The second-order valence-corrected chi connectivity index (χ2v) is 5.78. The molecule has 1 fully saturated rings. The van der Waals surface area contributed by atoms with Gasteiger partial charge in [0.05, 0.1) is 0 Å². The summed E-state index contributed by atoms with van der Waals surface area (Å²) in [6.45, 7) is 2.27. The predicted molar refractivity (Wildman–Crippen MR) is 67.8 cm³/mol. The topological polar surface area (TPSA) is 72.1 Å². The zero-order valence-electron chi connectivity index (χ0n) is 10.2. The first-order valence-corrected chi connectivity index (χ1v) is 6.75. The monoisotopic (exact) mass is 254 g/mol. The normalized spacial score (nSPS) is 24.6. The summed E-state index contributed by atoms with van der Waals surface area (Å²) in [5.41, 5.74) is 5.49. The average Bonchev–Trinajstić information content (AvgIpc) is 2.75. The third kappa shape index (κ3) is 2.74. The van der Waals surface area contributed by atoms with E-state index in [1.54, 1.807) is 4.90 Å². The van der Waals surface area contributed by atoms with Gasteiger partial charge in [0.15, 0.2) is 0 Å². The number of nitrogens with two attached hydrogens (primary N) is 1. The minimum absolute atomic E-state index is 0.0567. The summed E-state index contributed by atoms with van der Waals surface area (Å²) < 4.78 is 0. The van der Waals surface area contributed by atoms with Gasteiger partial charge < -0.3 is 10.6 Å². The van der Waals surface area contributed by atoms with Crippen LogP contribution in [-0.4, -0.2) is 34.1 Å². The molecule has 0 aromatic carbocycles. The van der Waals surface area contributed by atoms with Crippen molar-refractivity contribution in [3.63, 3.8) is 0 Å². The third-order valence-electron chi connectivity index (χ3n) is 3.48. The van der Waals surface area contributed by atoms with Gasteiger partial charge in [0.25, 0.3) is 5.91 Å². The molecule has 94 valence electrons. The van der Waals surface area contributed by atoms with E-state index >= 15 is 0 Å². The standard InChI is InChI=1S/C11H18N4OS/c1-7-3-5-8(6-4-7)15(2)10(16)9-13-14-11(12)17-9/h7-8H,3-6H2,1-2H3,(H2,12,14). The van der Waals surface area contributed by atoms with Crippen molar-refractivity contribution in [2.75, 3.05) is 12.8 Å². The van der Waals surface area contributed by atoms with Crippen LogP contribution >= 0.6 is 11.3 Å². The summed E-state index contributed by atoms with van der Waals surface area (Å²) in [7, 11) is 1.85. The van der Waals surface area contributed by atoms with Crippen LogP contribution in [0.2, 0.25) is 0 Å². The van der Waals surface area contributed by atoms with Gasteiger partial charge in [-0.25, -0.2) is 0 Å². The zero-order chi connectivity index (χ0) is 12.4. The van der Waals surface area contributed by atoms with E-state index in [0.717, 1.165) is 30.1 Å². The second kappa shape index (κ2) is 5.00. The molecule has 1 saturated carbocycles. The van der Waals surface area contributed by atoms with E-state index in [1.807, 2.05) is 7.05 Å². The average molecular weight is 254 g/mol. The van der Waals surface area contributed by atoms with E-state index in [1.165, 1.54) is 12.8 Å². The Morgan fingerprint density at radius 1 is 1.35 bits per heavy atom. The summed E-state index contributed by atoms with van der Waals surface area (Å²) in [5.74, 6) is 0.727. The summed E-state index contributed by atoms with van der Waals surface area (Å²) >= 11 is 1.15. The van der Waals surface area contributed by atoms with Gasteiger partial charge in [-0.15, -0.1) is 10.2 Å². The molecule has 1 aliphatic carbocycles. The quantitative estimate of drug-likeness (QED) is 0.873. The minimum Gasteiger partial charge on any atom is -0.374 e. The molecule has 0 unspecified atom stereocenters. The van der Waals surface area contributed by atoms with Gasteiger partial charge in [-0.2, -0.15) is 0 Å². The molecule has 2 N–H and O–H groups in total. The van der Waals surface area contributed by atoms with Crippen molar-refractivity contribution in [3.8, 4) is 0 Å². The molecule has 2 rings (SSSR count). The Bertz CT molecular complexity index is 398. The van der Waals surface area contributed by atoms with E-state index in [2.05, 4.69) is 17.1 Å². The zero-order valence-corrected chi connectivity index (χ0v) is 11.0. The van der Waals surface area contributed by atoms with Crippen LogP contribution in [0.4, 0.5) is 5.13 Å². The second-order valence-electron chi connectivity index (χ2n) is 4.78. The van der Waals surface area contributed by atoms with Crippen molar-refractivity contribution in [1.82, 2.24) is 15.1 Å². The fourth-order valence-electron chi connectivity index (χ4n) is 2.27. The van der Waals surface area contributed by atoms with Crippen LogP contribution in [0.15, 0.2) is 0 Å². The minimum atomic E-state index is -0.0567. The Morgan fingerprint density at radius 2 is 2.00 bits per heavy atom. The van der Waals surface area contributed by atoms with Gasteiger partial charge in [-0.3, -0.25) is 4.79 Å². The molecule has 0 spiro atoms. The van der Waals surface area contributed by atoms with Crippen molar-refractivity contribution in [3.05, 3.63) is 5.01 Å². The molecule has 1 aromatic rings. The summed E-state index contributed by atoms with van der Waals surface area (Å²) in [6, 6.07) is 0.337. The maximum absolute atomic E-state index is 12.1. The Balaban J connectivity index is 2.00. The Labute approximate surface area is 105 Å². The SMILES string of the molecule is CC1CCC(N(C)C(=O)c2nnc(N)s2)CC1. The van der Waals surface area contributed by atoms with Crippen LogP contribution in [0, 0.1) is 5.92 Å². The van der Waals surface area contributed by atoms with E-state index in [0.29, 0.717) is 16.2 Å². The number of carbonyl (C=O) groups is 1. The number of hydrogen-bond donors (Lipinski definition) is 1. The summed E-state index contributed by atoms with van der Waals surface area (Å²) in [6.07, 6.45) is 4.55. The molecule has 0 radical (unpaired) electrons. The fraction of sp³-hybridized carbons (Fsp3) is 0.727. The van der Waals surface area contributed by atoms with E-state index < -0.39 is 0 Å². The first kappa shape index (κ1) is 12.3. The number of amides is 1. The number of nitrogens with zero attached hydrogens (tertiary/aromatic N) is 3. The van der Waals surface area contributed by atoms with Gasteiger partial charge in [0.2, 0.25) is 10.1 Å². The molecule has 1 heterocycles. The molecular formula is C11H18N4OS. The van der Waals surface area contributed by atoms with Crippen LogP contribution < -0.4 is 5.73 Å². The third-order valence-corrected chi connectivity index (χ3v) is 4.22. The highest BCUT2D eigenvalue weighted by Crippen LogP contribution is 2.27. The van der Waals surface area contributed by atoms with Crippen molar-refractivity contribution in [2.45, 2.75) is 38.6 Å². The van der Waals surface area contributed by atoms with Gasteiger partial charge in [-0.1, -0.05) is 18.3 Å². The molecule has 0 atom stereocenters. The largest absolute Gasteiger partial charge is 0.374 e. The van der Waals surface area contributed by atoms with Gasteiger partial charge in [0.1, 0.15) is 0 Å². The maximum atomic E-state index is 12.1. The fourth-order valence-corrected chi connectivity index (χ4v) is 2.86. The molecule has 1 aromatic heterocycles. The molecule has 0 aliphatic heterocycles. The number of rotatable bonds is 2. The summed E-state index contributed by atoms with van der Waals surface area (Å²) in [5, 5.41) is 8.21. The maximum Gasteiger partial charge on any atom is 0.284 e. The lowest BCUT2D eigenvalue weighted by molar-refractivity contribution is 0.0678. The molecular weight excluding hydrogens is 236 g/mol. The highest BCUT2D eigenvalue weighted by atomic mass is 32.1. The molecule has 1 aliphatic rings. The van der Waals surface area contributed by atoms with Crippen molar-refractivity contribution in [1.29, 1.82) is 0 Å². The van der Waals surface area contributed by atoms with Gasteiger partial charge in [0, 0.05) is 13.1 Å². The van der Waals surface area contributed by atoms with Crippen LogP contribution in [0.5, 0.6) is 0 Å². The van der Waals surface area contributed by atoms with E-state index in [9.17, 15) is 4.79 Å². The van der Waals surface area contributed by atoms with Crippen LogP contribution in [-0.2, 0) is 0 Å². The molecule has 1 amide bonds. The first-order chi connectivity index (χ1) is 8.08. The van der Waals surface area contributed by atoms with Gasteiger partial charge in [-0.05, 0) is 31.6 Å². The first-order valence-electron chi connectivity index (χ1n) is 5.94. The Morgan fingerprint density at radius 3 is 2.53 bits per heavy atom. The molecule has 0 bridgehead atoms. The molecule has 6 heteroatoms. The smallest absolute Gasteiger partial charge is 0.284 e. The summed E-state index contributed by atoms with van der Waals surface area (Å²) in [4.78, 5) is 13.9. The lowest BCUT2D eigenvalue weighted by Crippen LogP contribution is -2.39. The van der Waals surface area contributed by atoms with Crippen molar-refractivity contribution >= 4 is 22.4 Å². The number of aromatic nitrogens is 2. The number of hydrogen-bond acceptors (Lipinski definition) is 5. The molecule has 17 heavy (non-hydrogen) atoms. The van der Waals surface area contributed by atoms with Crippen LogP contribution in [0.25, 0.3) is 0 Å². The van der Waals surface area contributed by atoms with Crippen LogP contribution in [0.1, 0.15) is 42.4 Å². The van der Waals surface area contributed by atoms with Gasteiger partial charge >= 0.3 is 0 Å².